The van der Waals surface area contributed by atoms with Gasteiger partial charge in [0.25, 0.3) is 0 Å². The van der Waals surface area contributed by atoms with Crippen LogP contribution in [0.5, 0.6) is 0 Å². The van der Waals surface area contributed by atoms with Crippen LogP contribution in [-0.2, 0) is 0 Å². The third kappa shape index (κ3) is 1.35. The monoisotopic (exact) mass is 132 g/mol. The van der Waals surface area contributed by atoms with E-state index in [2.05, 4.69) is 23.8 Å². The summed E-state index contributed by atoms with van der Waals surface area (Å²) in [4.78, 5) is 0. The van der Waals surface area contributed by atoms with E-state index in [0.717, 1.165) is 0 Å². The summed E-state index contributed by atoms with van der Waals surface area (Å²) < 4.78 is 0. The first kappa shape index (κ1) is 5.45. The molecule has 0 aliphatic carbocycles. The van der Waals surface area contributed by atoms with E-state index < -0.39 is 0 Å². The summed E-state index contributed by atoms with van der Waals surface area (Å²) >= 11 is 0. The second kappa shape index (κ2) is 2.58. The molecule has 1 heterocycles. The van der Waals surface area contributed by atoms with Crippen LogP contribution in [0.4, 0.5) is 0 Å². The van der Waals surface area contributed by atoms with Crippen molar-refractivity contribution >= 4 is 25.7 Å². The minimum absolute atomic E-state index is 0.477. The highest BCUT2D eigenvalue weighted by molar-refractivity contribution is 8.85. The second-order valence-electron chi connectivity index (χ2n) is 1.22. The van der Waals surface area contributed by atoms with Crippen molar-refractivity contribution in [1.82, 2.24) is 0 Å². The van der Waals surface area contributed by atoms with Gasteiger partial charge in [0.1, 0.15) is 0 Å². The van der Waals surface area contributed by atoms with Crippen LogP contribution in [0.2, 0.25) is 0 Å². The lowest BCUT2D eigenvalue weighted by molar-refractivity contribution is 1.84. The molecule has 1 rings (SSSR count). The average Bonchev–Trinajstić information content (AvgIpc) is 2.14. The molecule has 0 bridgehead atoms. The lowest BCUT2D eigenvalue weighted by atomic mass is 10.8. The lowest BCUT2D eigenvalue weighted by Gasteiger charge is -1.86. The molecule has 7 heavy (non-hydrogen) atoms. The van der Waals surface area contributed by atoms with Crippen molar-refractivity contribution in [3.63, 3.8) is 0 Å². The Morgan fingerprint density at radius 3 is 3.00 bits per heavy atom. The fourth-order valence-electron chi connectivity index (χ4n) is 0.438. The standard InChI is InChI=1S/C5H8S2/c1-2-7-5-3-4-6-7/h2-3,5H,4H2,1H3. The van der Waals surface area contributed by atoms with Crippen LogP contribution in [0.3, 0.4) is 0 Å². The average molecular weight is 132 g/mol. The molecule has 0 N–H and O–H groups in total. The van der Waals surface area contributed by atoms with E-state index in [1.807, 2.05) is 10.8 Å². The maximum absolute atomic E-state index is 2.27. The van der Waals surface area contributed by atoms with E-state index in [9.17, 15) is 0 Å². The van der Waals surface area contributed by atoms with Gasteiger partial charge < -0.3 is 0 Å². The van der Waals surface area contributed by atoms with Crippen molar-refractivity contribution in [3.05, 3.63) is 11.5 Å². The summed E-state index contributed by atoms with van der Waals surface area (Å²) in [7, 11) is 2.48. The molecule has 40 valence electrons. The first-order valence-electron chi connectivity index (χ1n) is 2.25. The van der Waals surface area contributed by atoms with Gasteiger partial charge in [-0.15, -0.1) is 9.52 Å². The zero-order valence-electron chi connectivity index (χ0n) is 4.26. The Kier molecular flexibility index (Phi) is 2.00. The van der Waals surface area contributed by atoms with Gasteiger partial charge in [-0.3, -0.25) is 0 Å². The Hall–Kier alpha value is 0.310. The molecule has 0 nitrogen and oxygen atoms in total. The van der Waals surface area contributed by atoms with Crippen molar-refractivity contribution in [1.29, 1.82) is 0 Å². The zero-order valence-corrected chi connectivity index (χ0v) is 5.89. The van der Waals surface area contributed by atoms with E-state index in [4.69, 9.17) is 0 Å². The van der Waals surface area contributed by atoms with Gasteiger partial charge in [0.15, 0.2) is 0 Å². The maximum atomic E-state index is 2.27. The van der Waals surface area contributed by atoms with Crippen LogP contribution in [0.15, 0.2) is 11.5 Å². The molecule has 0 aromatic carbocycles. The number of rotatable bonds is 0. The molecule has 2 heteroatoms. The van der Waals surface area contributed by atoms with Crippen molar-refractivity contribution in [3.8, 4) is 0 Å². The van der Waals surface area contributed by atoms with Crippen LogP contribution < -0.4 is 0 Å². The summed E-state index contributed by atoms with van der Waals surface area (Å²) in [5, 5.41) is 4.51. The normalized spacial score (nSPS) is 29.6. The molecule has 1 atom stereocenters. The number of hydrogen-bond donors (Lipinski definition) is 0. The Balaban J connectivity index is 2.59. The molecular weight excluding hydrogens is 124 g/mol. The van der Waals surface area contributed by atoms with Gasteiger partial charge >= 0.3 is 0 Å². The van der Waals surface area contributed by atoms with Crippen LogP contribution in [0.1, 0.15) is 6.92 Å². The predicted octanol–water partition coefficient (Wildman–Crippen LogP) is 2.25. The van der Waals surface area contributed by atoms with Crippen LogP contribution in [0, 0.1) is 0 Å². The van der Waals surface area contributed by atoms with Crippen molar-refractivity contribution in [2.24, 2.45) is 0 Å². The highest BCUT2D eigenvalue weighted by atomic mass is 33.1. The molecule has 0 spiro atoms. The molecule has 1 aliphatic rings. The highest BCUT2D eigenvalue weighted by Gasteiger charge is 1.92. The molecule has 0 aromatic heterocycles. The fourth-order valence-corrected chi connectivity index (χ4v) is 3.14. The topological polar surface area (TPSA) is 0 Å². The Morgan fingerprint density at radius 2 is 2.71 bits per heavy atom. The molecule has 0 fully saturated rings. The van der Waals surface area contributed by atoms with Gasteiger partial charge in [-0.05, 0) is 12.3 Å². The Bertz CT molecular complexity index is 110. The maximum Gasteiger partial charge on any atom is 0.0224 e. The third-order valence-corrected chi connectivity index (χ3v) is 4.42. The lowest BCUT2D eigenvalue weighted by Crippen LogP contribution is -1.52. The largest absolute Gasteiger partial charge is 0.108 e. The predicted molar refractivity (Wildman–Crippen MR) is 40.9 cm³/mol. The molecule has 0 saturated heterocycles. The smallest absolute Gasteiger partial charge is 0.0224 e. The van der Waals surface area contributed by atoms with Gasteiger partial charge in [-0.25, -0.2) is 0 Å². The highest BCUT2D eigenvalue weighted by Crippen LogP contribution is 2.36. The first-order chi connectivity index (χ1) is 3.43. The minimum Gasteiger partial charge on any atom is -0.108 e. The molecule has 0 saturated carbocycles. The molecular formula is C5H8S2. The molecule has 1 unspecified atom stereocenters. The summed E-state index contributed by atoms with van der Waals surface area (Å²) in [6.45, 7) is 2.12. The SMILES string of the molecule is CC=S1C=CCS1. The Labute approximate surface area is 50.3 Å². The second-order valence-corrected chi connectivity index (χ2v) is 5.05. The summed E-state index contributed by atoms with van der Waals surface area (Å²) in [5.74, 6) is 1.22. The van der Waals surface area contributed by atoms with Gasteiger partial charge in [0, 0.05) is 5.75 Å². The van der Waals surface area contributed by atoms with Crippen LogP contribution in [0.25, 0.3) is 0 Å². The van der Waals surface area contributed by atoms with E-state index in [-0.39, 0.29) is 0 Å². The summed E-state index contributed by atoms with van der Waals surface area (Å²) in [6.07, 6.45) is 2.23. The van der Waals surface area contributed by atoms with Gasteiger partial charge in [0.05, 0.1) is 0 Å². The Morgan fingerprint density at radius 1 is 1.86 bits per heavy atom. The van der Waals surface area contributed by atoms with Crippen LogP contribution >= 0.6 is 20.3 Å². The molecule has 0 amide bonds. The van der Waals surface area contributed by atoms with E-state index in [0.29, 0.717) is 9.52 Å². The van der Waals surface area contributed by atoms with E-state index in [1.165, 1.54) is 5.75 Å². The fraction of sp³-hybridized carbons (Fsp3) is 0.400. The van der Waals surface area contributed by atoms with E-state index >= 15 is 0 Å². The van der Waals surface area contributed by atoms with Gasteiger partial charge in [0.2, 0.25) is 0 Å². The van der Waals surface area contributed by atoms with Crippen LogP contribution in [-0.4, -0.2) is 11.1 Å². The molecule has 0 radical (unpaired) electrons. The van der Waals surface area contributed by atoms with E-state index in [1.54, 1.807) is 0 Å². The van der Waals surface area contributed by atoms with Gasteiger partial charge in [-0.1, -0.05) is 22.2 Å². The van der Waals surface area contributed by atoms with Gasteiger partial charge in [-0.2, -0.15) is 0 Å². The minimum atomic E-state index is 0.477. The molecule has 0 aromatic rings. The van der Waals surface area contributed by atoms with Crippen molar-refractivity contribution < 1.29 is 0 Å². The quantitative estimate of drug-likeness (QED) is 0.360. The molecule has 1 aliphatic heterocycles. The third-order valence-electron chi connectivity index (χ3n) is 0.763. The summed E-state index contributed by atoms with van der Waals surface area (Å²) in [5.41, 5.74) is 0. The zero-order chi connectivity index (χ0) is 5.11. The van der Waals surface area contributed by atoms with Crippen molar-refractivity contribution in [2.75, 3.05) is 5.75 Å². The van der Waals surface area contributed by atoms with Crippen molar-refractivity contribution in [2.45, 2.75) is 6.92 Å². The first-order valence-corrected chi connectivity index (χ1v) is 5.10. The number of hydrogen-bond acceptors (Lipinski definition) is 1. The summed E-state index contributed by atoms with van der Waals surface area (Å²) in [6, 6.07) is 0.